The van der Waals surface area contributed by atoms with Gasteiger partial charge in [-0.2, -0.15) is 0 Å². The highest BCUT2D eigenvalue weighted by Gasteiger charge is 2.27. The van der Waals surface area contributed by atoms with E-state index in [1.165, 1.54) is 63.9 Å². The lowest BCUT2D eigenvalue weighted by molar-refractivity contribution is 0.162. The molecule has 4 nitrogen and oxygen atoms in total. The maximum atomic E-state index is 4.36. The van der Waals surface area contributed by atoms with Gasteiger partial charge in [-0.3, -0.25) is 4.90 Å². The standard InChI is InChI=1S/C16H26N4/c1-2-13(8-18-14-3-4-14)10-19(7-1)11-16-9-17-12-20(16)15-5-6-15/h9,12-15,18H,1-8,10-11H2. The van der Waals surface area contributed by atoms with E-state index in [1.54, 1.807) is 0 Å². The minimum absolute atomic E-state index is 0.754. The monoisotopic (exact) mass is 274 g/mol. The van der Waals surface area contributed by atoms with Crippen LogP contribution in [0.4, 0.5) is 0 Å². The fourth-order valence-electron chi connectivity index (χ4n) is 3.45. The van der Waals surface area contributed by atoms with Gasteiger partial charge in [0.25, 0.3) is 0 Å². The van der Waals surface area contributed by atoms with Crippen molar-refractivity contribution in [2.45, 2.75) is 57.2 Å². The second-order valence-electron chi connectivity index (χ2n) is 6.95. The number of hydrogen-bond acceptors (Lipinski definition) is 3. The van der Waals surface area contributed by atoms with Gasteiger partial charge in [-0.05, 0) is 57.5 Å². The Morgan fingerprint density at radius 3 is 2.90 bits per heavy atom. The summed E-state index contributed by atoms with van der Waals surface area (Å²) in [6, 6.07) is 1.60. The second kappa shape index (κ2) is 5.49. The first-order valence-corrected chi connectivity index (χ1v) is 8.35. The average Bonchev–Trinajstić information content (AvgIpc) is 3.38. The van der Waals surface area contributed by atoms with Gasteiger partial charge in [0.1, 0.15) is 0 Å². The molecule has 1 aromatic rings. The predicted molar refractivity (Wildman–Crippen MR) is 79.5 cm³/mol. The van der Waals surface area contributed by atoms with Crippen molar-refractivity contribution >= 4 is 0 Å². The number of imidazole rings is 1. The first kappa shape index (κ1) is 12.8. The Labute approximate surface area is 121 Å². The molecule has 0 spiro atoms. The number of hydrogen-bond donors (Lipinski definition) is 1. The lowest BCUT2D eigenvalue weighted by Crippen LogP contribution is -2.39. The Morgan fingerprint density at radius 1 is 1.20 bits per heavy atom. The van der Waals surface area contributed by atoms with Crippen LogP contribution in [0.5, 0.6) is 0 Å². The Morgan fingerprint density at radius 2 is 2.10 bits per heavy atom. The molecule has 1 aromatic heterocycles. The van der Waals surface area contributed by atoms with Gasteiger partial charge in [0.15, 0.2) is 0 Å². The molecular weight excluding hydrogens is 248 g/mol. The van der Waals surface area contributed by atoms with Gasteiger partial charge in [0, 0.05) is 31.4 Å². The molecule has 20 heavy (non-hydrogen) atoms. The van der Waals surface area contributed by atoms with Crippen LogP contribution in [0.25, 0.3) is 0 Å². The first-order valence-electron chi connectivity index (χ1n) is 8.35. The van der Waals surface area contributed by atoms with E-state index in [0.29, 0.717) is 0 Å². The fraction of sp³-hybridized carbons (Fsp3) is 0.812. The minimum Gasteiger partial charge on any atom is -0.330 e. The Balaban J connectivity index is 1.31. The molecular formula is C16H26N4. The van der Waals surface area contributed by atoms with Gasteiger partial charge in [0.05, 0.1) is 12.0 Å². The van der Waals surface area contributed by atoms with Crippen LogP contribution in [0.3, 0.4) is 0 Å². The lowest BCUT2D eigenvalue weighted by Gasteiger charge is -2.33. The maximum Gasteiger partial charge on any atom is 0.0951 e. The summed E-state index contributed by atoms with van der Waals surface area (Å²) in [7, 11) is 0. The van der Waals surface area contributed by atoms with E-state index < -0.39 is 0 Å². The molecule has 1 unspecified atom stereocenters. The smallest absolute Gasteiger partial charge is 0.0951 e. The highest BCUT2D eigenvalue weighted by Crippen LogP contribution is 2.36. The van der Waals surface area contributed by atoms with Crippen molar-refractivity contribution in [1.29, 1.82) is 0 Å². The zero-order chi connectivity index (χ0) is 13.4. The van der Waals surface area contributed by atoms with E-state index in [2.05, 4.69) is 26.0 Å². The number of nitrogens with one attached hydrogen (secondary N) is 1. The van der Waals surface area contributed by atoms with Crippen LogP contribution >= 0.6 is 0 Å². The van der Waals surface area contributed by atoms with E-state index >= 15 is 0 Å². The van der Waals surface area contributed by atoms with Gasteiger partial charge in [-0.1, -0.05) is 0 Å². The Bertz CT molecular complexity index is 447. The lowest BCUT2D eigenvalue weighted by atomic mass is 9.98. The molecule has 1 saturated heterocycles. The summed E-state index contributed by atoms with van der Waals surface area (Å²) < 4.78 is 2.41. The molecule has 1 atom stereocenters. The average molecular weight is 274 g/mol. The van der Waals surface area contributed by atoms with E-state index in [9.17, 15) is 0 Å². The molecule has 1 aliphatic heterocycles. The van der Waals surface area contributed by atoms with E-state index in [4.69, 9.17) is 0 Å². The first-order chi connectivity index (χ1) is 9.88. The normalized spacial score (nSPS) is 27.9. The van der Waals surface area contributed by atoms with Gasteiger partial charge in [-0.25, -0.2) is 4.98 Å². The van der Waals surface area contributed by atoms with E-state index in [0.717, 1.165) is 24.5 Å². The van der Waals surface area contributed by atoms with Gasteiger partial charge in [0.2, 0.25) is 0 Å². The summed E-state index contributed by atoms with van der Waals surface area (Å²) in [5, 5.41) is 3.70. The summed E-state index contributed by atoms with van der Waals surface area (Å²) in [5.41, 5.74) is 1.42. The third-order valence-electron chi connectivity index (χ3n) is 4.95. The Kier molecular flexibility index (Phi) is 3.52. The molecule has 3 fully saturated rings. The quantitative estimate of drug-likeness (QED) is 0.863. The predicted octanol–water partition coefficient (Wildman–Crippen LogP) is 2.18. The fourth-order valence-corrected chi connectivity index (χ4v) is 3.45. The van der Waals surface area contributed by atoms with Crippen LogP contribution in [0.1, 0.15) is 50.3 Å². The molecule has 110 valence electrons. The minimum atomic E-state index is 0.754. The summed E-state index contributed by atoms with van der Waals surface area (Å²) in [6.45, 7) is 4.84. The third kappa shape index (κ3) is 3.07. The van der Waals surface area contributed by atoms with Crippen LogP contribution in [0.2, 0.25) is 0 Å². The van der Waals surface area contributed by atoms with Crippen molar-refractivity contribution in [3.8, 4) is 0 Å². The van der Waals surface area contributed by atoms with Gasteiger partial charge in [-0.15, -0.1) is 0 Å². The van der Waals surface area contributed by atoms with Crippen molar-refractivity contribution in [2.24, 2.45) is 5.92 Å². The molecule has 0 aromatic carbocycles. The molecule has 1 N–H and O–H groups in total. The Hall–Kier alpha value is -0.870. The molecule has 2 saturated carbocycles. The number of nitrogens with zero attached hydrogens (tertiary/aromatic N) is 3. The van der Waals surface area contributed by atoms with Crippen LogP contribution in [-0.4, -0.2) is 40.1 Å². The molecule has 2 aliphatic carbocycles. The number of piperidine rings is 1. The highest BCUT2D eigenvalue weighted by atomic mass is 15.2. The summed E-state index contributed by atoms with van der Waals surface area (Å²) in [4.78, 5) is 7.00. The van der Waals surface area contributed by atoms with Crippen molar-refractivity contribution in [1.82, 2.24) is 19.8 Å². The van der Waals surface area contributed by atoms with Crippen LogP contribution in [-0.2, 0) is 6.54 Å². The van der Waals surface area contributed by atoms with Gasteiger partial charge >= 0.3 is 0 Å². The van der Waals surface area contributed by atoms with Crippen molar-refractivity contribution in [3.05, 3.63) is 18.2 Å². The molecule has 2 heterocycles. The van der Waals surface area contributed by atoms with E-state index in [-0.39, 0.29) is 0 Å². The zero-order valence-corrected chi connectivity index (χ0v) is 12.3. The largest absolute Gasteiger partial charge is 0.330 e. The molecule has 4 heteroatoms. The molecule has 0 radical (unpaired) electrons. The molecule has 4 rings (SSSR count). The summed E-state index contributed by atoms with van der Waals surface area (Å²) >= 11 is 0. The molecule has 0 amide bonds. The number of aromatic nitrogens is 2. The summed E-state index contributed by atoms with van der Waals surface area (Å²) in [6.07, 6.45) is 12.3. The highest BCUT2D eigenvalue weighted by molar-refractivity contribution is 5.03. The van der Waals surface area contributed by atoms with Crippen LogP contribution < -0.4 is 5.32 Å². The van der Waals surface area contributed by atoms with Crippen LogP contribution in [0, 0.1) is 5.92 Å². The molecule has 3 aliphatic rings. The number of rotatable bonds is 6. The zero-order valence-electron chi connectivity index (χ0n) is 12.3. The van der Waals surface area contributed by atoms with Crippen molar-refractivity contribution in [2.75, 3.05) is 19.6 Å². The summed E-state index contributed by atoms with van der Waals surface area (Å²) in [5.74, 6) is 0.849. The maximum absolute atomic E-state index is 4.36. The van der Waals surface area contributed by atoms with Gasteiger partial charge < -0.3 is 9.88 Å². The molecule has 0 bridgehead atoms. The number of likely N-dealkylation sites (tertiary alicyclic amines) is 1. The topological polar surface area (TPSA) is 33.1 Å². The van der Waals surface area contributed by atoms with Crippen molar-refractivity contribution < 1.29 is 0 Å². The second-order valence-corrected chi connectivity index (χ2v) is 6.95. The third-order valence-corrected chi connectivity index (χ3v) is 4.95. The van der Waals surface area contributed by atoms with Crippen LogP contribution in [0.15, 0.2) is 12.5 Å². The SMILES string of the molecule is c1ncn(C2CC2)c1CN1CCCC(CNC2CC2)C1. The van der Waals surface area contributed by atoms with E-state index in [1.807, 2.05) is 6.33 Å². The van der Waals surface area contributed by atoms with Crippen molar-refractivity contribution in [3.63, 3.8) is 0 Å².